The predicted octanol–water partition coefficient (Wildman–Crippen LogP) is 0.453. The molecule has 2 heterocycles. The van der Waals surface area contributed by atoms with E-state index in [4.69, 9.17) is 0 Å². The van der Waals surface area contributed by atoms with Gasteiger partial charge >= 0.3 is 0 Å². The molecule has 4 nitrogen and oxygen atoms in total. The van der Waals surface area contributed by atoms with Crippen molar-refractivity contribution in [1.29, 1.82) is 0 Å². The number of hydrogen-bond donors (Lipinski definition) is 1. The van der Waals surface area contributed by atoms with Gasteiger partial charge in [0, 0.05) is 19.0 Å². The highest BCUT2D eigenvalue weighted by Gasteiger charge is 2.22. The van der Waals surface area contributed by atoms with E-state index in [2.05, 4.69) is 10.2 Å². The predicted molar refractivity (Wildman–Crippen MR) is 43.3 cm³/mol. The number of carbonyl (C=O) groups excluding carboxylic acids is 1. The van der Waals surface area contributed by atoms with Crippen molar-refractivity contribution in [2.24, 2.45) is 0 Å². The minimum Gasteiger partial charge on any atom is -0.337 e. The third-order valence-corrected chi connectivity index (χ3v) is 2.33. The molecule has 0 bridgehead atoms. The number of nitrogens with zero attached hydrogens (tertiary/aromatic N) is 2. The summed E-state index contributed by atoms with van der Waals surface area (Å²) in [7, 11) is 0. The van der Waals surface area contributed by atoms with Gasteiger partial charge < -0.3 is 4.90 Å². The van der Waals surface area contributed by atoms with E-state index in [0.717, 1.165) is 5.69 Å². The van der Waals surface area contributed by atoms with Crippen LogP contribution in [-0.4, -0.2) is 27.5 Å². The van der Waals surface area contributed by atoms with Crippen LogP contribution in [0, 0.1) is 5.95 Å². The number of carbonyl (C=O) groups is 1. The van der Waals surface area contributed by atoms with Gasteiger partial charge in [0.15, 0.2) is 0 Å². The fraction of sp³-hybridized carbons (Fsp3) is 0.500. The second kappa shape index (κ2) is 2.83. The maximum absolute atomic E-state index is 12.9. The van der Waals surface area contributed by atoms with Crippen LogP contribution >= 0.6 is 0 Å². The first-order chi connectivity index (χ1) is 6.18. The lowest BCUT2D eigenvalue weighted by Gasteiger charge is -2.24. The molecule has 2 rings (SSSR count). The quantitative estimate of drug-likeness (QED) is 0.635. The van der Waals surface area contributed by atoms with Crippen molar-refractivity contribution in [3.05, 3.63) is 17.2 Å². The van der Waals surface area contributed by atoms with E-state index in [0.29, 0.717) is 25.1 Å². The number of halogens is 1. The van der Waals surface area contributed by atoms with E-state index < -0.39 is 5.95 Å². The normalized spacial score (nSPS) is 15.7. The summed E-state index contributed by atoms with van der Waals surface area (Å²) in [4.78, 5) is 12.7. The number of fused-ring (bicyclic) bond motifs is 1. The lowest BCUT2D eigenvalue weighted by molar-refractivity contribution is -0.129. The Morgan fingerprint density at radius 2 is 2.46 bits per heavy atom. The molecule has 1 amide bonds. The molecule has 1 aliphatic heterocycles. The van der Waals surface area contributed by atoms with Crippen LogP contribution in [0.3, 0.4) is 0 Å². The SMILES string of the molecule is CC(=O)N1CCc2c(F)n[nH]c2C1. The van der Waals surface area contributed by atoms with Crippen LogP contribution in [0.25, 0.3) is 0 Å². The monoisotopic (exact) mass is 183 g/mol. The van der Waals surface area contributed by atoms with E-state index >= 15 is 0 Å². The van der Waals surface area contributed by atoms with Gasteiger partial charge in [0.2, 0.25) is 11.9 Å². The Morgan fingerprint density at radius 1 is 1.69 bits per heavy atom. The van der Waals surface area contributed by atoms with Crippen molar-refractivity contribution in [3.63, 3.8) is 0 Å². The average Bonchev–Trinajstić information content (AvgIpc) is 2.47. The van der Waals surface area contributed by atoms with E-state index in [-0.39, 0.29) is 5.91 Å². The molecule has 1 aromatic heterocycles. The Labute approximate surface area is 74.7 Å². The van der Waals surface area contributed by atoms with Crippen molar-refractivity contribution in [3.8, 4) is 0 Å². The molecule has 13 heavy (non-hydrogen) atoms. The smallest absolute Gasteiger partial charge is 0.235 e. The summed E-state index contributed by atoms with van der Waals surface area (Å²) in [6.45, 7) is 2.54. The van der Waals surface area contributed by atoms with Gasteiger partial charge in [-0.05, 0) is 6.42 Å². The molecule has 0 unspecified atom stereocenters. The Bertz CT molecular complexity index is 347. The Hall–Kier alpha value is -1.39. The molecule has 0 aromatic carbocycles. The van der Waals surface area contributed by atoms with Gasteiger partial charge in [-0.1, -0.05) is 0 Å². The van der Waals surface area contributed by atoms with Crippen LogP contribution in [0.2, 0.25) is 0 Å². The zero-order valence-electron chi connectivity index (χ0n) is 7.30. The number of nitrogens with one attached hydrogen (secondary N) is 1. The summed E-state index contributed by atoms with van der Waals surface area (Å²) in [5.41, 5.74) is 1.34. The summed E-state index contributed by atoms with van der Waals surface area (Å²) in [6.07, 6.45) is 0.553. The molecule has 1 N–H and O–H groups in total. The topological polar surface area (TPSA) is 49.0 Å². The molecule has 0 saturated carbocycles. The molecule has 0 atom stereocenters. The van der Waals surface area contributed by atoms with Crippen LogP contribution in [-0.2, 0) is 17.8 Å². The molecule has 70 valence electrons. The van der Waals surface area contributed by atoms with Gasteiger partial charge in [0.05, 0.1) is 12.2 Å². The van der Waals surface area contributed by atoms with Gasteiger partial charge in [0.25, 0.3) is 0 Å². The molecule has 1 aromatic rings. The number of H-pyrrole nitrogens is 1. The lowest BCUT2D eigenvalue weighted by atomic mass is 10.1. The van der Waals surface area contributed by atoms with Crippen LogP contribution in [0.5, 0.6) is 0 Å². The number of rotatable bonds is 0. The lowest BCUT2D eigenvalue weighted by Crippen LogP contribution is -2.34. The zero-order valence-corrected chi connectivity index (χ0v) is 7.30. The first-order valence-corrected chi connectivity index (χ1v) is 4.15. The van der Waals surface area contributed by atoms with Crippen LogP contribution in [0.4, 0.5) is 4.39 Å². The first kappa shape index (κ1) is 8.22. The largest absolute Gasteiger partial charge is 0.337 e. The maximum atomic E-state index is 12.9. The van der Waals surface area contributed by atoms with Crippen molar-refractivity contribution in [1.82, 2.24) is 15.1 Å². The number of aromatic nitrogens is 2. The zero-order chi connectivity index (χ0) is 9.42. The minimum absolute atomic E-state index is 0.0145. The van der Waals surface area contributed by atoms with E-state index in [1.807, 2.05) is 0 Å². The second-order valence-electron chi connectivity index (χ2n) is 3.16. The number of amides is 1. The number of aromatic amines is 1. The third kappa shape index (κ3) is 1.30. The Morgan fingerprint density at radius 3 is 3.15 bits per heavy atom. The summed E-state index contributed by atoms with van der Waals surface area (Å²) in [5, 5.41) is 6.05. The second-order valence-corrected chi connectivity index (χ2v) is 3.16. The van der Waals surface area contributed by atoms with Gasteiger partial charge in [-0.25, -0.2) is 0 Å². The van der Waals surface area contributed by atoms with Crippen LogP contribution in [0.1, 0.15) is 18.2 Å². The summed E-state index contributed by atoms with van der Waals surface area (Å²) < 4.78 is 12.9. The van der Waals surface area contributed by atoms with Crippen molar-refractivity contribution in [2.75, 3.05) is 6.54 Å². The highest BCUT2D eigenvalue weighted by Crippen LogP contribution is 2.18. The molecule has 0 aliphatic carbocycles. The van der Waals surface area contributed by atoms with Crippen LogP contribution < -0.4 is 0 Å². The Balaban J connectivity index is 2.25. The van der Waals surface area contributed by atoms with Gasteiger partial charge in [0.1, 0.15) is 0 Å². The highest BCUT2D eigenvalue weighted by molar-refractivity contribution is 5.73. The van der Waals surface area contributed by atoms with Gasteiger partial charge in [-0.15, -0.1) is 5.10 Å². The fourth-order valence-corrected chi connectivity index (χ4v) is 1.55. The van der Waals surface area contributed by atoms with Gasteiger partial charge in [-0.2, -0.15) is 4.39 Å². The van der Waals surface area contributed by atoms with Crippen molar-refractivity contribution in [2.45, 2.75) is 19.9 Å². The van der Waals surface area contributed by atoms with Crippen molar-refractivity contribution >= 4 is 5.91 Å². The van der Waals surface area contributed by atoms with E-state index in [1.165, 1.54) is 6.92 Å². The molecular formula is C8H10FN3O. The van der Waals surface area contributed by atoms with Crippen LogP contribution in [0.15, 0.2) is 0 Å². The summed E-state index contributed by atoms with van der Waals surface area (Å²) >= 11 is 0. The van der Waals surface area contributed by atoms with Gasteiger partial charge in [-0.3, -0.25) is 9.89 Å². The first-order valence-electron chi connectivity index (χ1n) is 4.15. The molecule has 0 radical (unpaired) electrons. The molecule has 1 aliphatic rings. The fourth-order valence-electron chi connectivity index (χ4n) is 1.55. The molecular weight excluding hydrogens is 173 g/mol. The van der Waals surface area contributed by atoms with Crippen molar-refractivity contribution < 1.29 is 9.18 Å². The maximum Gasteiger partial charge on any atom is 0.235 e. The summed E-state index contributed by atoms with van der Waals surface area (Å²) in [6, 6.07) is 0. The average molecular weight is 183 g/mol. The standard InChI is InChI=1S/C8H10FN3O/c1-5(13)12-3-2-6-7(4-12)10-11-8(6)9/h2-4H2,1H3,(H,10,11). The minimum atomic E-state index is -0.432. The Kier molecular flexibility index (Phi) is 1.79. The third-order valence-electron chi connectivity index (χ3n) is 2.33. The summed E-state index contributed by atoms with van der Waals surface area (Å²) in [5.74, 6) is -0.418. The number of hydrogen-bond acceptors (Lipinski definition) is 2. The molecule has 0 spiro atoms. The van der Waals surface area contributed by atoms with E-state index in [9.17, 15) is 9.18 Å². The van der Waals surface area contributed by atoms with E-state index in [1.54, 1.807) is 4.90 Å². The highest BCUT2D eigenvalue weighted by atomic mass is 19.1. The molecule has 0 fully saturated rings. The molecule has 5 heteroatoms. The molecule has 0 saturated heterocycles.